The molecule has 1 aliphatic heterocycles. The fourth-order valence-corrected chi connectivity index (χ4v) is 1.34. The highest BCUT2D eigenvalue weighted by Gasteiger charge is 2.18. The van der Waals surface area contributed by atoms with Crippen LogP contribution < -0.4 is 10.6 Å². The van der Waals surface area contributed by atoms with Crippen LogP contribution in [0.1, 0.15) is 13.8 Å². The highest BCUT2D eigenvalue weighted by Crippen LogP contribution is 1.72. The Hall–Kier alpha value is -0.0800. The molecule has 1 fully saturated rings. The van der Waals surface area contributed by atoms with Gasteiger partial charge in [0, 0.05) is 0 Å². The van der Waals surface area contributed by atoms with Crippen molar-refractivity contribution in [3.63, 3.8) is 0 Å². The van der Waals surface area contributed by atoms with Gasteiger partial charge in [-0.15, -0.1) is 0 Å². The first-order valence-electron chi connectivity index (χ1n) is 3.45. The fourth-order valence-electron chi connectivity index (χ4n) is 1.34. The van der Waals surface area contributed by atoms with E-state index in [0.29, 0.717) is 0 Å². The maximum Gasteiger partial charge on any atom is 0.133 e. The molecule has 48 valence electrons. The summed E-state index contributed by atoms with van der Waals surface area (Å²) in [6, 6.07) is 1.66. The van der Waals surface area contributed by atoms with E-state index in [-0.39, 0.29) is 0 Å². The van der Waals surface area contributed by atoms with Crippen LogP contribution in [0.15, 0.2) is 0 Å². The lowest BCUT2D eigenvalue weighted by atomic mass is 10.2. The summed E-state index contributed by atoms with van der Waals surface area (Å²) in [7, 11) is 0. The van der Waals surface area contributed by atoms with Crippen LogP contribution in [0.2, 0.25) is 0 Å². The van der Waals surface area contributed by atoms with Gasteiger partial charge in [-0.1, -0.05) is 0 Å². The second kappa shape index (κ2) is 2.46. The Morgan fingerprint density at radius 1 is 1.12 bits per heavy atom. The third-order valence-corrected chi connectivity index (χ3v) is 1.73. The summed E-state index contributed by atoms with van der Waals surface area (Å²) in [5, 5.41) is 4.84. The molecule has 0 radical (unpaired) electrons. The van der Waals surface area contributed by atoms with Crippen LogP contribution in [0.25, 0.3) is 0 Å². The Bertz CT molecular complexity index is 64.9. The molecule has 4 N–H and O–H groups in total. The van der Waals surface area contributed by atoms with E-state index in [4.69, 9.17) is 0 Å². The zero-order chi connectivity index (χ0) is 5.98. The summed E-state index contributed by atoms with van der Waals surface area (Å²) in [5.41, 5.74) is 0. The molecular formula is C6H16N2+2. The maximum atomic E-state index is 2.44. The van der Waals surface area contributed by atoms with Gasteiger partial charge in [-0.25, -0.2) is 0 Å². The predicted molar refractivity (Wildman–Crippen MR) is 32.5 cm³/mol. The Balaban J connectivity index is 2.23. The zero-order valence-electron chi connectivity index (χ0n) is 5.72. The molecule has 0 aromatic carbocycles. The summed E-state index contributed by atoms with van der Waals surface area (Å²) < 4.78 is 0. The Morgan fingerprint density at radius 2 is 1.62 bits per heavy atom. The van der Waals surface area contributed by atoms with Crippen LogP contribution in [0, 0.1) is 0 Å². The van der Waals surface area contributed by atoms with E-state index >= 15 is 0 Å². The molecule has 0 amide bonds. The smallest absolute Gasteiger partial charge is 0.133 e. The van der Waals surface area contributed by atoms with E-state index in [1.54, 1.807) is 0 Å². The summed E-state index contributed by atoms with van der Waals surface area (Å²) in [6.45, 7) is 7.16. The van der Waals surface area contributed by atoms with Crippen molar-refractivity contribution in [3.05, 3.63) is 0 Å². The normalized spacial score (nSPS) is 39.8. The Labute approximate surface area is 50.7 Å². The number of piperazine rings is 1. The lowest BCUT2D eigenvalue weighted by molar-refractivity contribution is -0.830. The molecule has 1 heterocycles. The van der Waals surface area contributed by atoms with Crippen LogP contribution in [-0.4, -0.2) is 25.2 Å². The van der Waals surface area contributed by atoms with Gasteiger partial charge in [0.25, 0.3) is 0 Å². The Morgan fingerprint density at radius 3 is 1.88 bits per heavy atom. The van der Waals surface area contributed by atoms with Crippen molar-refractivity contribution in [1.29, 1.82) is 0 Å². The van der Waals surface area contributed by atoms with E-state index in [2.05, 4.69) is 24.5 Å². The predicted octanol–water partition coefficient (Wildman–Crippen LogP) is -2.10. The first-order valence-corrected chi connectivity index (χ1v) is 3.45. The van der Waals surface area contributed by atoms with E-state index in [1.165, 1.54) is 13.1 Å². The van der Waals surface area contributed by atoms with Crippen LogP contribution in [0.3, 0.4) is 0 Å². The van der Waals surface area contributed by atoms with Crippen LogP contribution >= 0.6 is 0 Å². The van der Waals surface area contributed by atoms with Gasteiger partial charge in [-0.2, -0.15) is 0 Å². The SMILES string of the molecule is C[C@H]1C[NH2+]C[C@H](C)[NH2+]1. The van der Waals surface area contributed by atoms with Crippen LogP contribution in [0.5, 0.6) is 0 Å². The van der Waals surface area contributed by atoms with Crippen molar-refractivity contribution in [3.8, 4) is 0 Å². The molecule has 0 spiro atoms. The topological polar surface area (TPSA) is 33.2 Å². The average Bonchev–Trinajstić information content (AvgIpc) is 1.64. The first kappa shape index (κ1) is 6.05. The molecule has 0 aromatic rings. The Kier molecular flexibility index (Phi) is 1.86. The van der Waals surface area contributed by atoms with Gasteiger partial charge in [-0.3, -0.25) is 0 Å². The van der Waals surface area contributed by atoms with Gasteiger partial charge in [0.05, 0.1) is 0 Å². The number of quaternary nitrogens is 2. The summed E-state index contributed by atoms with van der Waals surface area (Å²) in [4.78, 5) is 0. The van der Waals surface area contributed by atoms with Gasteiger partial charge >= 0.3 is 0 Å². The molecule has 8 heavy (non-hydrogen) atoms. The minimum absolute atomic E-state index is 0.832. The zero-order valence-corrected chi connectivity index (χ0v) is 5.72. The van der Waals surface area contributed by atoms with Crippen molar-refractivity contribution in [1.82, 2.24) is 0 Å². The maximum absolute atomic E-state index is 2.44. The van der Waals surface area contributed by atoms with Gasteiger partial charge < -0.3 is 10.6 Å². The van der Waals surface area contributed by atoms with Crippen molar-refractivity contribution in [2.24, 2.45) is 0 Å². The fraction of sp³-hybridized carbons (Fsp3) is 1.00. The third kappa shape index (κ3) is 1.46. The monoisotopic (exact) mass is 116 g/mol. The molecule has 2 atom stereocenters. The molecule has 2 heteroatoms. The number of rotatable bonds is 0. The molecule has 0 saturated carbocycles. The molecule has 0 bridgehead atoms. The second-order valence-electron chi connectivity index (χ2n) is 2.91. The van der Waals surface area contributed by atoms with Gasteiger partial charge in [-0.05, 0) is 13.8 Å². The lowest BCUT2D eigenvalue weighted by Gasteiger charge is -2.20. The van der Waals surface area contributed by atoms with Crippen molar-refractivity contribution >= 4 is 0 Å². The standard InChI is InChI=1S/C6H14N2/c1-5-3-7-4-6(2)8-5/h5-8H,3-4H2,1-2H3/p+2/t5-,6-/m0/s1. The first-order chi connectivity index (χ1) is 3.79. The van der Waals surface area contributed by atoms with E-state index in [0.717, 1.165) is 12.1 Å². The lowest BCUT2D eigenvalue weighted by Crippen LogP contribution is -3.10. The second-order valence-corrected chi connectivity index (χ2v) is 2.91. The summed E-state index contributed by atoms with van der Waals surface area (Å²) >= 11 is 0. The minimum Gasteiger partial charge on any atom is -0.336 e. The number of nitrogens with two attached hydrogens (primary N) is 2. The van der Waals surface area contributed by atoms with Gasteiger partial charge in [0.1, 0.15) is 25.2 Å². The average molecular weight is 116 g/mol. The molecule has 1 rings (SSSR count). The third-order valence-electron chi connectivity index (χ3n) is 1.73. The van der Waals surface area contributed by atoms with Crippen molar-refractivity contribution in [2.45, 2.75) is 25.9 Å². The van der Waals surface area contributed by atoms with Gasteiger partial charge in [0.15, 0.2) is 0 Å². The van der Waals surface area contributed by atoms with Crippen LogP contribution in [0.4, 0.5) is 0 Å². The van der Waals surface area contributed by atoms with E-state index in [9.17, 15) is 0 Å². The number of hydrogen-bond donors (Lipinski definition) is 2. The molecule has 1 saturated heterocycles. The largest absolute Gasteiger partial charge is 0.336 e. The highest BCUT2D eigenvalue weighted by atomic mass is 15.1. The van der Waals surface area contributed by atoms with Gasteiger partial charge in [0.2, 0.25) is 0 Å². The molecule has 0 aromatic heterocycles. The minimum atomic E-state index is 0.832. The van der Waals surface area contributed by atoms with E-state index < -0.39 is 0 Å². The van der Waals surface area contributed by atoms with Crippen LogP contribution in [-0.2, 0) is 0 Å². The number of hydrogen-bond acceptors (Lipinski definition) is 0. The highest BCUT2D eigenvalue weighted by molar-refractivity contribution is 4.48. The van der Waals surface area contributed by atoms with Crippen molar-refractivity contribution in [2.75, 3.05) is 13.1 Å². The molecule has 0 aliphatic carbocycles. The molecule has 1 aliphatic rings. The molecular weight excluding hydrogens is 100 g/mol. The molecule has 0 unspecified atom stereocenters. The summed E-state index contributed by atoms with van der Waals surface area (Å²) in [5.74, 6) is 0. The quantitative estimate of drug-likeness (QED) is 0.364. The van der Waals surface area contributed by atoms with E-state index in [1.807, 2.05) is 0 Å². The molecule has 2 nitrogen and oxygen atoms in total. The summed E-state index contributed by atoms with van der Waals surface area (Å²) in [6.07, 6.45) is 0. The van der Waals surface area contributed by atoms with Crippen molar-refractivity contribution < 1.29 is 10.6 Å².